The Kier molecular flexibility index (Phi) is 1.38. The van der Waals surface area contributed by atoms with Crippen molar-refractivity contribution in [3.63, 3.8) is 0 Å². The van der Waals surface area contributed by atoms with Gasteiger partial charge in [-0.1, -0.05) is 0 Å². The summed E-state index contributed by atoms with van der Waals surface area (Å²) in [6.07, 6.45) is 0. The zero-order valence-corrected chi connectivity index (χ0v) is 4.63. The number of nitrogens with two attached hydrogens (primary N) is 1. The molecule has 0 aliphatic rings. The molecule has 0 spiro atoms. The average molecular weight is 117 g/mol. The Labute approximate surface area is 54.3 Å². The second-order valence-corrected chi connectivity index (χ2v) is 1.50. The first kappa shape index (κ1) is 6.07. The van der Waals surface area contributed by atoms with Crippen molar-refractivity contribution in [1.29, 1.82) is 0 Å². The standard InChI is InChI=1S/C3H3B2N4/c4-1(5)2-7-3(6)9-8-2/h(H3,6,7,8,9). The van der Waals surface area contributed by atoms with Gasteiger partial charge in [-0.3, -0.25) is 0 Å². The molecule has 0 saturated carbocycles. The van der Waals surface area contributed by atoms with Crippen LogP contribution in [0.2, 0.25) is 0 Å². The van der Waals surface area contributed by atoms with Gasteiger partial charge in [0, 0.05) is 0 Å². The van der Waals surface area contributed by atoms with Gasteiger partial charge in [0.15, 0.2) is 0 Å². The number of anilines is 1. The topological polar surface area (TPSA) is 67.6 Å². The van der Waals surface area contributed by atoms with Crippen LogP contribution < -0.4 is 5.73 Å². The number of nitrogens with zero attached hydrogens (tertiary/aromatic N) is 2. The molecule has 3 radical (unpaired) electrons. The van der Waals surface area contributed by atoms with Crippen LogP contribution in [0, 0.1) is 0 Å². The van der Waals surface area contributed by atoms with Crippen LogP contribution in [0.25, 0.3) is 0 Å². The number of nitrogen functional groups attached to an aromatic ring is 1. The molecule has 0 aliphatic heterocycles. The molecule has 41 valence electrons. The van der Waals surface area contributed by atoms with E-state index < -0.39 is 0 Å². The molecule has 1 aromatic heterocycles. The van der Waals surface area contributed by atoms with Gasteiger partial charge in [0.1, 0.15) is 0 Å². The SMILES string of the molecule is [B]C(=[B])c1nc(N)n[nH]1. The van der Waals surface area contributed by atoms with E-state index in [-0.39, 0.29) is 11.3 Å². The van der Waals surface area contributed by atoms with Crippen LogP contribution in [0.3, 0.4) is 0 Å². The summed E-state index contributed by atoms with van der Waals surface area (Å²) >= 11 is 0. The summed E-state index contributed by atoms with van der Waals surface area (Å²) in [6.45, 7) is 0. The predicted molar refractivity (Wildman–Crippen MR) is 36.4 cm³/mol. The van der Waals surface area contributed by atoms with E-state index in [1.165, 1.54) is 0 Å². The van der Waals surface area contributed by atoms with Crippen molar-refractivity contribution in [2.45, 2.75) is 0 Å². The molecule has 0 bridgehead atoms. The summed E-state index contributed by atoms with van der Waals surface area (Å²) in [5.41, 5.74) is 5.14. The maximum atomic E-state index is 5.14. The van der Waals surface area contributed by atoms with Crippen LogP contribution in [-0.4, -0.2) is 35.9 Å². The minimum absolute atomic E-state index is 0.0826. The van der Waals surface area contributed by atoms with Crippen LogP contribution >= 0.6 is 0 Å². The molecule has 6 heteroatoms. The number of H-pyrrole nitrogens is 1. The number of nitrogens with one attached hydrogen (secondary N) is 1. The van der Waals surface area contributed by atoms with Gasteiger partial charge in [0.05, 0.1) is 0 Å². The second kappa shape index (κ2) is 2.05. The average Bonchev–Trinajstić information content (AvgIpc) is 2.14. The van der Waals surface area contributed by atoms with Crippen LogP contribution in [0.1, 0.15) is 5.82 Å². The molecule has 1 heterocycles. The van der Waals surface area contributed by atoms with E-state index in [4.69, 9.17) is 21.1 Å². The van der Waals surface area contributed by atoms with Crippen molar-refractivity contribution in [3.05, 3.63) is 5.82 Å². The number of hydrogen-bond acceptors (Lipinski definition) is 3. The van der Waals surface area contributed by atoms with Gasteiger partial charge in [0.25, 0.3) is 0 Å². The van der Waals surface area contributed by atoms with Crippen molar-refractivity contribution in [2.24, 2.45) is 0 Å². The zero-order chi connectivity index (χ0) is 6.85. The minimum atomic E-state index is 0.0826. The molecule has 0 fully saturated rings. The first-order valence-corrected chi connectivity index (χ1v) is 2.26. The molecule has 0 saturated heterocycles. The number of rotatable bonds is 1. The summed E-state index contributed by atoms with van der Waals surface area (Å²) in [7, 11) is 10.3. The Bertz CT molecular complexity index is 229. The Hall–Kier alpha value is -1.06. The fourth-order valence-electron chi connectivity index (χ4n) is 0.404. The zero-order valence-electron chi connectivity index (χ0n) is 4.63. The van der Waals surface area contributed by atoms with E-state index in [0.717, 1.165) is 0 Å². The number of aromatic nitrogens is 3. The van der Waals surface area contributed by atoms with Crippen molar-refractivity contribution < 1.29 is 0 Å². The molecule has 0 atom stereocenters. The van der Waals surface area contributed by atoms with Gasteiger partial charge < -0.3 is 0 Å². The summed E-state index contributed by atoms with van der Waals surface area (Å²) in [5, 5.41) is 6.01. The quantitative estimate of drug-likeness (QED) is 0.426. The molecule has 0 unspecified atom stereocenters. The van der Waals surface area contributed by atoms with E-state index >= 15 is 0 Å². The van der Waals surface area contributed by atoms with E-state index in [2.05, 4.69) is 15.2 Å². The first-order valence-electron chi connectivity index (χ1n) is 2.26. The van der Waals surface area contributed by atoms with Gasteiger partial charge in [-0.15, -0.1) is 0 Å². The van der Waals surface area contributed by atoms with Gasteiger partial charge >= 0.3 is 53.4 Å². The summed E-state index contributed by atoms with van der Waals surface area (Å²) < 4.78 is 0. The third-order valence-corrected chi connectivity index (χ3v) is 0.776. The number of hydrogen-bond donors (Lipinski definition) is 2. The van der Waals surface area contributed by atoms with Gasteiger partial charge in [-0.2, -0.15) is 0 Å². The molecular weight excluding hydrogens is 114 g/mol. The molecular formula is C3H3B2N4. The third kappa shape index (κ3) is 1.19. The van der Waals surface area contributed by atoms with E-state index in [1.807, 2.05) is 0 Å². The third-order valence-electron chi connectivity index (χ3n) is 0.776. The van der Waals surface area contributed by atoms with E-state index in [1.54, 1.807) is 0 Å². The monoisotopic (exact) mass is 117 g/mol. The maximum absolute atomic E-state index is 5.14. The molecule has 1 rings (SSSR count). The van der Waals surface area contributed by atoms with Crippen molar-refractivity contribution in [3.8, 4) is 0 Å². The Morgan fingerprint density at radius 3 is 2.56 bits per heavy atom. The van der Waals surface area contributed by atoms with Gasteiger partial charge in [-0.05, 0) is 0 Å². The van der Waals surface area contributed by atoms with Crippen LogP contribution in [0.15, 0.2) is 0 Å². The summed E-state index contributed by atoms with van der Waals surface area (Å²) in [6, 6.07) is 0. The van der Waals surface area contributed by atoms with Crippen LogP contribution in [0.5, 0.6) is 0 Å². The molecule has 0 amide bonds. The Morgan fingerprint density at radius 1 is 1.67 bits per heavy atom. The number of aromatic amines is 1. The second-order valence-electron chi connectivity index (χ2n) is 1.50. The van der Waals surface area contributed by atoms with E-state index in [9.17, 15) is 0 Å². The van der Waals surface area contributed by atoms with Crippen molar-refractivity contribution in [2.75, 3.05) is 5.73 Å². The van der Waals surface area contributed by atoms with Crippen LogP contribution in [-0.2, 0) is 0 Å². The van der Waals surface area contributed by atoms with E-state index in [0.29, 0.717) is 5.82 Å². The predicted octanol–water partition coefficient (Wildman–Crippen LogP) is -1.80. The van der Waals surface area contributed by atoms with Crippen molar-refractivity contribution in [1.82, 2.24) is 15.2 Å². The summed E-state index contributed by atoms with van der Waals surface area (Å²) in [5.74, 6) is 0.450. The fourth-order valence-corrected chi connectivity index (χ4v) is 0.404. The fraction of sp³-hybridized carbons (Fsp3) is 0. The summed E-state index contributed by atoms with van der Waals surface area (Å²) in [4.78, 5) is 3.63. The molecule has 0 aliphatic carbocycles. The molecule has 3 N–H and O–H groups in total. The molecule has 4 nitrogen and oxygen atoms in total. The first-order chi connectivity index (χ1) is 4.20. The Morgan fingerprint density at radius 2 is 2.33 bits per heavy atom. The van der Waals surface area contributed by atoms with Gasteiger partial charge in [0.2, 0.25) is 0 Å². The molecule has 9 heavy (non-hydrogen) atoms. The molecule has 0 aromatic carbocycles. The van der Waals surface area contributed by atoms with Crippen LogP contribution in [0.4, 0.5) is 5.95 Å². The van der Waals surface area contributed by atoms with Gasteiger partial charge in [-0.25, -0.2) is 0 Å². The molecule has 1 aromatic rings. The van der Waals surface area contributed by atoms with Crippen molar-refractivity contribution >= 4 is 26.6 Å². The Balaban J connectivity index is 2.98. The normalized spacial score (nSPS) is 9.22.